The van der Waals surface area contributed by atoms with E-state index in [1.54, 1.807) is 6.26 Å². The molecule has 2 amide bonds. The van der Waals surface area contributed by atoms with Gasteiger partial charge in [0.2, 0.25) is 0 Å². The van der Waals surface area contributed by atoms with Crippen LogP contribution in [0, 0.1) is 0 Å². The van der Waals surface area contributed by atoms with Crippen molar-refractivity contribution in [2.75, 3.05) is 12.8 Å². The van der Waals surface area contributed by atoms with Gasteiger partial charge in [-0.05, 0) is 6.92 Å². The molecule has 0 unspecified atom stereocenters. The van der Waals surface area contributed by atoms with Gasteiger partial charge in [0.25, 0.3) is 0 Å². The van der Waals surface area contributed by atoms with Crippen LogP contribution in [0.2, 0.25) is 0 Å². The molecule has 0 atom stereocenters. The Morgan fingerprint density at radius 2 is 2.38 bits per heavy atom. The fourth-order valence-corrected chi connectivity index (χ4v) is 0.547. The summed E-state index contributed by atoms with van der Waals surface area (Å²) in [6.07, 6.45) is 1.80. The number of nitrogens with one attached hydrogen (secondary N) is 2. The fraction of sp³-hybridized carbons (Fsp3) is 0.750. The highest BCUT2D eigenvalue weighted by atomic mass is 32.2. The first kappa shape index (κ1) is 7.62. The zero-order valence-corrected chi connectivity index (χ0v) is 5.84. The summed E-state index contributed by atoms with van der Waals surface area (Å²) in [7, 11) is 0. The number of urea groups is 1. The average molecular weight is 134 g/mol. The Hall–Kier alpha value is -0.380. The molecule has 0 aliphatic rings. The molecule has 0 radical (unpaired) electrons. The Labute approximate surface area is 53.4 Å². The maximum absolute atomic E-state index is 10.4. The van der Waals surface area contributed by atoms with Crippen LogP contribution in [0.15, 0.2) is 0 Å². The molecule has 3 nitrogen and oxygen atoms in total. The van der Waals surface area contributed by atoms with Crippen molar-refractivity contribution < 1.29 is 4.79 Å². The molecular weight excluding hydrogens is 124 g/mol. The summed E-state index contributed by atoms with van der Waals surface area (Å²) in [5.41, 5.74) is 0. The molecule has 0 aliphatic heterocycles. The molecule has 0 saturated heterocycles. The number of rotatable bonds is 2. The SMILES string of the molecule is CCNC(=O)NSC. The van der Waals surface area contributed by atoms with E-state index in [-0.39, 0.29) is 6.03 Å². The lowest BCUT2D eigenvalue weighted by molar-refractivity contribution is 0.247. The fourth-order valence-electron chi connectivity index (χ4n) is 0.289. The Morgan fingerprint density at radius 1 is 1.75 bits per heavy atom. The maximum Gasteiger partial charge on any atom is 0.324 e. The molecule has 48 valence electrons. The highest BCUT2D eigenvalue weighted by Gasteiger charge is 1.90. The van der Waals surface area contributed by atoms with E-state index < -0.39 is 0 Å². The molecule has 0 aromatic carbocycles. The highest BCUT2D eigenvalue weighted by Crippen LogP contribution is 1.78. The molecule has 2 N–H and O–H groups in total. The average Bonchev–Trinajstić information content (AvgIpc) is 1.68. The summed E-state index contributed by atoms with van der Waals surface area (Å²) >= 11 is 1.29. The van der Waals surface area contributed by atoms with Crippen LogP contribution in [0.3, 0.4) is 0 Å². The lowest BCUT2D eigenvalue weighted by atomic mass is 10.7. The molecule has 0 saturated carbocycles. The van der Waals surface area contributed by atoms with Gasteiger partial charge in [-0.15, -0.1) is 0 Å². The van der Waals surface area contributed by atoms with E-state index in [0.29, 0.717) is 6.54 Å². The first-order valence-electron chi connectivity index (χ1n) is 2.38. The van der Waals surface area contributed by atoms with Crippen molar-refractivity contribution in [2.24, 2.45) is 0 Å². The molecule has 0 fully saturated rings. The van der Waals surface area contributed by atoms with E-state index in [1.807, 2.05) is 6.92 Å². The minimum Gasteiger partial charge on any atom is -0.338 e. The highest BCUT2D eigenvalue weighted by molar-refractivity contribution is 7.97. The van der Waals surface area contributed by atoms with Crippen LogP contribution in [-0.2, 0) is 0 Å². The largest absolute Gasteiger partial charge is 0.338 e. The van der Waals surface area contributed by atoms with Crippen molar-refractivity contribution in [2.45, 2.75) is 6.92 Å². The van der Waals surface area contributed by atoms with Crippen molar-refractivity contribution in [3.05, 3.63) is 0 Å². The minimum atomic E-state index is -0.125. The van der Waals surface area contributed by atoms with Gasteiger partial charge in [-0.2, -0.15) is 0 Å². The third kappa shape index (κ3) is 3.80. The molecular formula is C4H10N2OS. The lowest BCUT2D eigenvalue weighted by Crippen LogP contribution is -2.30. The van der Waals surface area contributed by atoms with Gasteiger partial charge in [0.05, 0.1) is 0 Å². The molecule has 0 aromatic heterocycles. The normalized spacial score (nSPS) is 8.25. The van der Waals surface area contributed by atoms with Gasteiger partial charge in [0, 0.05) is 12.8 Å². The van der Waals surface area contributed by atoms with Gasteiger partial charge in [0.15, 0.2) is 0 Å². The summed E-state index contributed by atoms with van der Waals surface area (Å²) in [5.74, 6) is 0. The second-order valence-electron chi connectivity index (χ2n) is 1.17. The van der Waals surface area contributed by atoms with E-state index in [1.165, 1.54) is 11.9 Å². The predicted octanol–water partition coefficient (Wildman–Crippen LogP) is 0.584. The van der Waals surface area contributed by atoms with Crippen LogP contribution in [-0.4, -0.2) is 18.8 Å². The van der Waals surface area contributed by atoms with Gasteiger partial charge in [-0.3, -0.25) is 4.72 Å². The molecule has 0 spiro atoms. The molecule has 0 aliphatic carbocycles. The Balaban J connectivity index is 3.06. The minimum absolute atomic E-state index is 0.125. The summed E-state index contributed by atoms with van der Waals surface area (Å²) in [5, 5.41) is 2.58. The monoisotopic (exact) mass is 134 g/mol. The van der Waals surface area contributed by atoms with Crippen LogP contribution < -0.4 is 10.0 Å². The molecule has 0 bridgehead atoms. The Bertz CT molecular complexity index is 68.4. The van der Waals surface area contributed by atoms with Crippen LogP contribution in [0.4, 0.5) is 4.79 Å². The summed E-state index contributed by atoms with van der Waals surface area (Å²) in [6.45, 7) is 2.55. The quantitative estimate of drug-likeness (QED) is 0.542. The third-order valence-corrected chi connectivity index (χ3v) is 0.922. The zero-order valence-electron chi connectivity index (χ0n) is 5.02. The second-order valence-corrected chi connectivity index (χ2v) is 1.78. The lowest BCUT2D eigenvalue weighted by Gasteiger charge is -1.98. The smallest absolute Gasteiger partial charge is 0.324 e. The first-order chi connectivity index (χ1) is 3.81. The van der Waals surface area contributed by atoms with E-state index in [0.717, 1.165) is 0 Å². The van der Waals surface area contributed by atoms with Gasteiger partial charge in [-0.25, -0.2) is 4.79 Å². The van der Waals surface area contributed by atoms with E-state index in [4.69, 9.17) is 0 Å². The first-order valence-corrected chi connectivity index (χ1v) is 3.60. The van der Waals surface area contributed by atoms with Gasteiger partial charge in [-0.1, -0.05) is 11.9 Å². The van der Waals surface area contributed by atoms with Crippen LogP contribution in [0.5, 0.6) is 0 Å². The summed E-state index contributed by atoms with van der Waals surface area (Å²) < 4.78 is 2.51. The number of hydrogen-bond acceptors (Lipinski definition) is 2. The Kier molecular flexibility index (Phi) is 4.54. The number of carbonyl (C=O) groups is 1. The molecule has 8 heavy (non-hydrogen) atoms. The third-order valence-electron chi connectivity index (χ3n) is 0.532. The van der Waals surface area contributed by atoms with E-state index >= 15 is 0 Å². The van der Waals surface area contributed by atoms with Crippen LogP contribution in [0.1, 0.15) is 6.92 Å². The molecule has 0 aromatic rings. The van der Waals surface area contributed by atoms with Crippen molar-refractivity contribution in [1.29, 1.82) is 0 Å². The van der Waals surface area contributed by atoms with Crippen molar-refractivity contribution in [3.63, 3.8) is 0 Å². The van der Waals surface area contributed by atoms with E-state index in [9.17, 15) is 4.79 Å². The molecule has 0 heterocycles. The number of amides is 2. The molecule has 0 rings (SSSR count). The van der Waals surface area contributed by atoms with Crippen molar-refractivity contribution in [3.8, 4) is 0 Å². The maximum atomic E-state index is 10.4. The van der Waals surface area contributed by atoms with Gasteiger partial charge in [0.1, 0.15) is 0 Å². The standard InChI is InChI=1S/C4H10N2OS/c1-3-5-4(7)6-8-2/h3H2,1-2H3,(H2,5,6,7). The van der Waals surface area contributed by atoms with Crippen molar-refractivity contribution >= 4 is 18.0 Å². The van der Waals surface area contributed by atoms with Crippen LogP contribution >= 0.6 is 11.9 Å². The Morgan fingerprint density at radius 3 is 2.75 bits per heavy atom. The van der Waals surface area contributed by atoms with Gasteiger partial charge < -0.3 is 5.32 Å². The molecule has 4 heteroatoms. The predicted molar refractivity (Wildman–Crippen MR) is 35.7 cm³/mol. The topological polar surface area (TPSA) is 41.1 Å². The number of carbonyl (C=O) groups excluding carboxylic acids is 1. The van der Waals surface area contributed by atoms with Crippen molar-refractivity contribution in [1.82, 2.24) is 10.0 Å². The van der Waals surface area contributed by atoms with Gasteiger partial charge >= 0.3 is 6.03 Å². The summed E-state index contributed by atoms with van der Waals surface area (Å²) in [4.78, 5) is 10.4. The second kappa shape index (κ2) is 4.77. The van der Waals surface area contributed by atoms with E-state index in [2.05, 4.69) is 10.0 Å². The zero-order chi connectivity index (χ0) is 6.41. The van der Waals surface area contributed by atoms with Crippen LogP contribution in [0.25, 0.3) is 0 Å². The number of hydrogen-bond donors (Lipinski definition) is 2. The summed E-state index contributed by atoms with van der Waals surface area (Å²) in [6, 6.07) is -0.125.